The summed E-state index contributed by atoms with van der Waals surface area (Å²) in [4.78, 5) is 18.6. The van der Waals surface area contributed by atoms with Gasteiger partial charge in [-0.1, -0.05) is 6.58 Å². The monoisotopic (exact) mass is 182 g/mol. The van der Waals surface area contributed by atoms with Crippen LogP contribution in [0.2, 0.25) is 0 Å². The largest absolute Gasteiger partial charge is 0.403 e. The summed E-state index contributed by atoms with van der Waals surface area (Å²) in [6.45, 7) is 8.20. The number of nitrogens with zero attached hydrogens (tertiary/aromatic N) is 2. The standard InChI is InChI=1S/C9H14N2O2/c1-4-9(12)13-8(11-6-3)7-10-5-2/h4,7H,1,5-6H2,2-3H3. The summed E-state index contributed by atoms with van der Waals surface area (Å²) in [5, 5.41) is 0. The van der Waals surface area contributed by atoms with Crippen molar-refractivity contribution < 1.29 is 9.53 Å². The Morgan fingerprint density at radius 1 is 1.46 bits per heavy atom. The minimum absolute atomic E-state index is 0.231. The van der Waals surface area contributed by atoms with Crippen molar-refractivity contribution in [3.63, 3.8) is 0 Å². The Hall–Kier alpha value is -1.45. The first-order valence-corrected chi connectivity index (χ1v) is 4.13. The molecule has 13 heavy (non-hydrogen) atoms. The molecular weight excluding hydrogens is 168 g/mol. The quantitative estimate of drug-likeness (QED) is 0.284. The van der Waals surface area contributed by atoms with Crippen LogP contribution in [0.25, 0.3) is 0 Å². The Morgan fingerprint density at radius 3 is 2.62 bits per heavy atom. The third-order valence-corrected chi connectivity index (χ3v) is 1.07. The summed E-state index contributed by atoms with van der Waals surface area (Å²) in [6, 6.07) is 0. The van der Waals surface area contributed by atoms with Gasteiger partial charge >= 0.3 is 5.97 Å². The SMILES string of the molecule is C=CC(=O)OC(C=NCC)=NCC. The van der Waals surface area contributed by atoms with Crippen molar-refractivity contribution in [2.24, 2.45) is 9.98 Å². The van der Waals surface area contributed by atoms with E-state index in [9.17, 15) is 4.79 Å². The zero-order valence-electron chi connectivity index (χ0n) is 7.99. The molecule has 4 nitrogen and oxygen atoms in total. The third kappa shape index (κ3) is 5.78. The van der Waals surface area contributed by atoms with E-state index < -0.39 is 5.97 Å². The van der Waals surface area contributed by atoms with Gasteiger partial charge in [-0.2, -0.15) is 0 Å². The van der Waals surface area contributed by atoms with Gasteiger partial charge in [-0.25, -0.2) is 4.79 Å². The molecule has 72 valence electrons. The van der Waals surface area contributed by atoms with E-state index in [0.29, 0.717) is 13.1 Å². The normalized spacial score (nSPS) is 11.7. The van der Waals surface area contributed by atoms with Crippen molar-refractivity contribution in [1.29, 1.82) is 0 Å². The Kier molecular flexibility index (Phi) is 6.41. The molecule has 0 radical (unpaired) electrons. The summed E-state index contributed by atoms with van der Waals surface area (Å²) in [5.74, 6) is -0.288. The fourth-order valence-corrected chi connectivity index (χ4v) is 0.569. The van der Waals surface area contributed by atoms with E-state index in [-0.39, 0.29) is 5.90 Å². The first-order chi connectivity index (χ1) is 6.24. The van der Waals surface area contributed by atoms with Crippen molar-refractivity contribution in [2.75, 3.05) is 13.1 Å². The number of rotatable bonds is 4. The molecule has 0 spiro atoms. The van der Waals surface area contributed by atoms with E-state index in [1.54, 1.807) is 0 Å². The fraction of sp³-hybridized carbons (Fsp3) is 0.444. The predicted molar refractivity (Wildman–Crippen MR) is 53.3 cm³/mol. The molecule has 0 aliphatic heterocycles. The molecule has 0 atom stereocenters. The van der Waals surface area contributed by atoms with E-state index in [4.69, 9.17) is 4.74 Å². The lowest BCUT2D eigenvalue weighted by Gasteiger charge is -1.98. The Bertz CT molecular complexity index is 232. The molecule has 0 aromatic carbocycles. The maximum atomic E-state index is 10.8. The number of carbonyl (C=O) groups is 1. The minimum atomic E-state index is -0.519. The maximum Gasteiger partial charge on any atom is 0.336 e. The summed E-state index contributed by atoms with van der Waals surface area (Å²) < 4.78 is 4.79. The van der Waals surface area contributed by atoms with Gasteiger partial charge in [0.05, 0.1) is 6.21 Å². The summed E-state index contributed by atoms with van der Waals surface area (Å²) in [6.07, 6.45) is 2.52. The van der Waals surface area contributed by atoms with Crippen LogP contribution in [0.4, 0.5) is 0 Å². The zero-order valence-corrected chi connectivity index (χ0v) is 7.99. The smallest absolute Gasteiger partial charge is 0.336 e. The molecule has 0 aromatic rings. The van der Waals surface area contributed by atoms with Crippen LogP contribution in [0.5, 0.6) is 0 Å². The van der Waals surface area contributed by atoms with Crippen LogP contribution in [0.1, 0.15) is 13.8 Å². The van der Waals surface area contributed by atoms with Crippen molar-refractivity contribution in [3.05, 3.63) is 12.7 Å². The molecule has 0 aliphatic rings. The van der Waals surface area contributed by atoms with Crippen LogP contribution in [0, 0.1) is 0 Å². The summed E-state index contributed by atoms with van der Waals surface area (Å²) >= 11 is 0. The number of carbonyl (C=O) groups excluding carboxylic acids is 1. The summed E-state index contributed by atoms with van der Waals surface area (Å²) in [5.41, 5.74) is 0. The fourth-order valence-electron chi connectivity index (χ4n) is 0.569. The van der Waals surface area contributed by atoms with Gasteiger partial charge in [0, 0.05) is 19.2 Å². The molecule has 0 N–H and O–H groups in total. The van der Waals surface area contributed by atoms with Crippen LogP contribution in [-0.2, 0) is 9.53 Å². The number of esters is 1. The Balaban J connectivity index is 4.26. The van der Waals surface area contributed by atoms with Crippen molar-refractivity contribution >= 4 is 18.1 Å². The van der Waals surface area contributed by atoms with Crippen LogP contribution in [-0.4, -0.2) is 31.2 Å². The number of aliphatic imine (C=N–C) groups is 2. The third-order valence-electron chi connectivity index (χ3n) is 1.07. The zero-order chi connectivity index (χ0) is 10.1. The van der Waals surface area contributed by atoms with Gasteiger partial charge in [-0.3, -0.25) is 9.98 Å². The van der Waals surface area contributed by atoms with Crippen LogP contribution < -0.4 is 0 Å². The van der Waals surface area contributed by atoms with Gasteiger partial charge in [0.1, 0.15) is 0 Å². The molecular formula is C9H14N2O2. The summed E-state index contributed by atoms with van der Waals surface area (Å²) in [7, 11) is 0. The lowest BCUT2D eigenvalue weighted by molar-refractivity contribution is -0.129. The highest BCUT2D eigenvalue weighted by atomic mass is 16.5. The number of hydrogen-bond donors (Lipinski definition) is 0. The van der Waals surface area contributed by atoms with Crippen LogP contribution in [0.15, 0.2) is 22.6 Å². The van der Waals surface area contributed by atoms with Gasteiger partial charge in [0.2, 0.25) is 5.90 Å². The van der Waals surface area contributed by atoms with Gasteiger partial charge in [-0.05, 0) is 13.8 Å². The topological polar surface area (TPSA) is 51.0 Å². The van der Waals surface area contributed by atoms with Crippen molar-refractivity contribution in [1.82, 2.24) is 0 Å². The second-order valence-corrected chi connectivity index (χ2v) is 2.07. The highest BCUT2D eigenvalue weighted by Gasteiger charge is 2.00. The van der Waals surface area contributed by atoms with Crippen molar-refractivity contribution in [3.8, 4) is 0 Å². The molecule has 0 heterocycles. The van der Waals surface area contributed by atoms with Crippen LogP contribution in [0.3, 0.4) is 0 Å². The van der Waals surface area contributed by atoms with E-state index >= 15 is 0 Å². The maximum absolute atomic E-state index is 10.8. The predicted octanol–water partition coefficient (Wildman–Crippen LogP) is 1.22. The van der Waals surface area contributed by atoms with E-state index in [0.717, 1.165) is 6.08 Å². The number of hydrogen-bond acceptors (Lipinski definition) is 4. The van der Waals surface area contributed by atoms with Crippen LogP contribution >= 0.6 is 0 Å². The molecule has 0 aromatic heterocycles. The lowest BCUT2D eigenvalue weighted by atomic mass is 10.6. The molecule has 0 amide bonds. The molecule has 4 heteroatoms. The minimum Gasteiger partial charge on any atom is -0.403 e. The first-order valence-electron chi connectivity index (χ1n) is 4.13. The Morgan fingerprint density at radius 2 is 2.15 bits per heavy atom. The van der Waals surface area contributed by atoms with Gasteiger partial charge in [0.25, 0.3) is 0 Å². The molecule has 0 saturated carbocycles. The molecule has 0 unspecified atom stereocenters. The highest BCUT2D eigenvalue weighted by Crippen LogP contribution is 1.84. The van der Waals surface area contributed by atoms with Gasteiger partial charge in [-0.15, -0.1) is 0 Å². The molecule has 0 saturated heterocycles. The average Bonchev–Trinajstić information content (AvgIpc) is 2.14. The molecule has 0 fully saturated rings. The van der Waals surface area contributed by atoms with Gasteiger partial charge in [0.15, 0.2) is 0 Å². The van der Waals surface area contributed by atoms with Crippen molar-refractivity contribution in [2.45, 2.75) is 13.8 Å². The number of ether oxygens (including phenoxy) is 1. The van der Waals surface area contributed by atoms with E-state index in [1.807, 2.05) is 13.8 Å². The molecule has 0 aliphatic carbocycles. The van der Waals surface area contributed by atoms with Gasteiger partial charge < -0.3 is 4.74 Å². The van der Waals surface area contributed by atoms with E-state index in [1.165, 1.54) is 6.21 Å². The second-order valence-electron chi connectivity index (χ2n) is 2.07. The average molecular weight is 182 g/mol. The first kappa shape index (κ1) is 11.6. The van der Waals surface area contributed by atoms with E-state index in [2.05, 4.69) is 16.6 Å². The molecule has 0 bridgehead atoms. The Labute approximate surface area is 78.0 Å². The lowest BCUT2D eigenvalue weighted by Crippen LogP contribution is -2.12. The highest BCUT2D eigenvalue weighted by molar-refractivity contribution is 6.28. The molecule has 0 rings (SSSR count). The second kappa shape index (κ2) is 7.21.